The number of carbonyl (C=O) groups is 2. The van der Waals surface area contributed by atoms with Crippen molar-refractivity contribution >= 4 is 23.2 Å². The van der Waals surface area contributed by atoms with Crippen molar-refractivity contribution in [3.8, 4) is 5.75 Å². The molecule has 2 aromatic carbocycles. The zero-order valence-corrected chi connectivity index (χ0v) is 15.2. The molecule has 0 saturated carbocycles. The van der Waals surface area contributed by atoms with Gasteiger partial charge in [-0.2, -0.15) is 0 Å². The van der Waals surface area contributed by atoms with Crippen LogP contribution in [0.5, 0.6) is 5.75 Å². The molecule has 1 saturated heterocycles. The van der Waals surface area contributed by atoms with Gasteiger partial charge in [0.25, 0.3) is 5.91 Å². The summed E-state index contributed by atoms with van der Waals surface area (Å²) in [5.41, 5.74) is 2.61. The maximum atomic E-state index is 12.7. The van der Waals surface area contributed by atoms with Crippen molar-refractivity contribution in [2.75, 3.05) is 17.3 Å². The average Bonchev–Trinajstić information content (AvgIpc) is 2.94. The minimum absolute atomic E-state index is 0.146. The Labute approximate surface area is 154 Å². The molecule has 1 atom stereocenters. The first-order chi connectivity index (χ1) is 12.6. The number of unbranched alkanes of at least 4 members (excludes halogenated alkanes) is 1. The summed E-state index contributed by atoms with van der Waals surface area (Å²) >= 11 is 0. The van der Waals surface area contributed by atoms with E-state index in [9.17, 15) is 9.59 Å². The highest BCUT2D eigenvalue weighted by Crippen LogP contribution is 2.26. The number of rotatable bonds is 7. The molecule has 26 heavy (non-hydrogen) atoms. The fraction of sp³-hybridized carbons (Fsp3) is 0.333. The summed E-state index contributed by atoms with van der Waals surface area (Å²) in [6.07, 6.45) is 3.43. The molecule has 1 N–H and O–H groups in total. The Hall–Kier alpha value is -2.82. The summed E-state index contributed by atoms with van der Waals surface area (Å²) in [5.74, 6) is 0.294. The number of benzene rings is 2. The third kappa shape index (κ3) is 3.87. The molecule has 0 aliphatic carbocycles. The molecule has 0 radical (unpaired) electrons. The number of carbonyl (C=O) groups excluding carboxylic acids is 2. The van der Waals surface area contributed by atoms with Crippen molar-refractivity contribution < 1.29 is 14.3 Å². The van der Waals surface area contributed by atoms with Crippen LogP contribution in [-0.2, 0) is 16.0 Å². The number of hydrogen-bond donors (Lipinski definition) is 1. The molecule has 136 valence electrons. The van der Waals surface area contributed by atoms with E-state index in [2.05, 4.69) is 12.2 Å². The van der Waals surface area contributed by atoms with Gasteiger partial charge in [-0.15, -0.1) is 0 Å². The number of hydrogen-bond acceptors (Lipinski definition) is 4. The Morgan fingerprint density at radius 1 is 1.15 bits per heavy atom. The molecular formula is C21H24N2O3. The van der Waals surface area contributed by atoms with E-state index in [1.54, 1.807) is 7.11 Å². The molecule has 2 amide bonds. The lowest BCUT2D eigenvalue weighted by Gasteiger charge is -2.17. The summed E-state index contributed by atoms with van der Waals surface area (Å²) in [5, 5.41) is 3.14. The molecule has 1 aliphatic rings. The normalized spacial score (nSPS) is 16.8. The Balaban J connectivity index is 1.72. The molecule has 5 heteroatoms. The van der Waals surface area contributed by atoms with Gasteiger partial charge in [-0.05, 0) is 42.7 Å². The first-order valence-electron chi connectivity index (χ1n) is 8.98. The minimum Gasteiger partial charge on any atom is -0.497 e. The fourth-order valence-corrected chi connectivity index (χ4v) is 3.12. The van der Waals surface area contributed by atoms with Gasteiger partial charge in [-0.3, -0.25) is 9.59 Å². The van der Waals surface area contributed by atoms with Crippen LogP contribution in [0.2, 0.25) is 0 Å². The Kier molecular flexibility index (Phi) is 5.56. The molecule has 0 aromatic heterocycles. The summed E-state index contributed by atoms with van der Waals surface area (Å²) in [6, 6.07) is 14.5. The number of imide groups is 1. The lowest BCUT2D eigenvalue weighted by molar-refractivity contribution is -0.121. The monoisotopic (exact) mass is 352 g/mol. The number of nitrogens with zero attached hydrogens (tertiary/aromatic N) is 1. The third-order valence-electron chi connectivity index (χ3n) is 4.57. The standard InChI is InChI=1S/C21H24N2O3/c1-3-4-6-15-9-11-17(12-10-15)23-20(24)14-19(21(23)25)22-16-7-5-8-18(13-16)26-2/h5,7-13,19,22H,3-4,6,14H2,1-2H3. The van der Waals surface area contributed by atoms with E-state index in [1.165, 1.54) is 10.5 Å². The van der Waals surface area contributed by atoms with Gasteiger partial charge in [-0.1, -0.05) is 31.5 Å². The lowest BCUT2D eigenvalue weighted by Crippen LogP contribution is -2.34. The molecule has 1 heterocycles. The number of amides is 2. The SMILES string of the molecule is CCCCc1ccc(N2C(=O)CC(Nc3cccc(OC)c3)C2=O)cc1. The Morgan fingerprint density at radius 2 is 1.92 bits per heavy atom. The van der Waals surface area contributed by atoms with Crippen LogP contribution in [-0.4, -0.2) is 25.0 Å². The molecule has 1 aliphatic heterocycles. The average molecular weight is 352 g/mol. The second kappa shape index (κ2) is 8.04. The first-order valence-corrected chi connectivity index (χ1v) is 8.98. The Morgan fingerprint density at radius 3 is 2.62 bits per heavy atom. The van der Waals surface area contributed by atoms with Crippen molar-refractivity contribution in [3.05, 3.63) is 54.1 Å². The molecule has 1 unspecified atom stereocenters. The number of aryl methyl sites for hydroxylation is 1. The van der Waals surface area contributed by atoms with Crippen LogP contribution in [0, 0.1) is 0 Å². The van der Waals surface area contributed by atoms with Crippen LogP contribution in [0.3, 0.4) is 0 Å². The van der Waals surface area contributed by atoms with Gasteiger partial charge in [0.2, 0.25) is 5.91 Å². The van der Waals surface area contributed by atoms with Crippen LogP contribution in [0.15, 0.2) is 48.5 Å². The van der Waals surface area contributed by atoms with E-state index in [-0.39, 0.29) is 18.2 Å². The van der Waals surface area contributed by atoms with Crippen LogP contribution in [0.1, 0.15) is 31.7 Å². The van der Waals surface area contributed by atoms with Crippen molar-refractivity contribution in [1.82, 2.24) is 0 Å². The van der Waals surface area contributed by atoms with Gasteiger partial charge in [0.15, 0.2) is 0 Å². The molecule has 1 fully saturated rings. The van der Waals surface area contributed by atoms with E-state index in [4.69, 9.17) is 4.74 Å². The summed E-state index contributed by atoms with van der Waals surface area (Å²) in [6.45, 7) is 2.16. The van der Waals surface area contributed by atoms with Gasteiger partial charge in [0.05, 0.1) is 19.2 Å². The van der Waals surface area contributed by atoms with E-state index in [0.717, 1.165) is 24.9 Å². The van der Waals surface area contributed by atoms with Gasteiger partial charge < -0.3 is 10.1 Å². The van der Waals surface area contributed by atoms with Gasteiger partial charge in [-0.25, -0.2) is 4.90 Å². The van der Waals surface area contributed by atoms with E-state index >= 15 is 0 Å². The highest BCUT2D eigenvalue weighted by atomic mass is 16.5. The van der Waals surface area contributed by atoms with Crippen LogP contribution < -0.4 is 15.0 Å². The number of ether oxygens (including phenoxy) is 1. The third-order valence-corrected chi connectivity index (χ3v) is 4.57. The topological polar surface area (TPSA) is 58.6 Å². The largest absolute Gasteiger partial charge is 0.497 e. The number of anilines is 2. The molecule has 2 aromatic rings. The fourth-order valence-electron chi connectivity index (χ4n) is 3.12. The lowest BCUT2D eigenvalue weighted by atomic mass is 10.1. The first kappa shape index (κ1) is 18.0. The predicted molar refractivity (Wildman–Crippen MR) is 103 cm³/mol. The highest BCUT2D eigenvalue weighted by Gasteiger charge is 2.39. The smallest absolute Gasteiger partial charge is 0.256 e. The zero-order chi connectivity index (χ0) is 18.5. The maximum absolute atomic E-state index is 12.7. The van der Waals surface area contributed by atoms with Gasteiger partial charge in [0.1, 0.15) is 11.8 Å². The van der Waals surface area contributed by atoms with Crippen molar-refractivity contribution in [1.29, 1.82) is 0 Å². The van der Waals surface area contributed by atoms with Crippen LogP contribution in [0.4, 0.5) is 11.4 Å². The summed E-state index contributed by atoms with van der Waals surface area (Å²) in [7, 11) is 1.59. The summed E-state index contributed by atoms with van der Waals surface area (Å²) in [4.78, 5) is 26.4. The molecule has 5 nitrogen and oxygen atoms in total. The van der Waals surface area contributed by atoms with Gasteiger partial charge in [0, 0.05) is 11.8 Å². The zero-order valence-electron chi connectivity index (χ0n) is 15.2. The second-order valence-electron chi connectivity index (χ2n) is 6.47. The molecule has 3 rings (SSSR count). The van der Waals surface area contributed by atoms with Gasteiger partial charge >= 0.3 is 0 Å². The molecule has 0 bridgehead atoms. The maximum Gasteiger partial charge on any atom is 0.256 e. The minimum atomic E-state index is -0.561. The van der Waals surface area contributed by atoms with Crippen LogP contribution in [0.25, 0.3) is 0 Å². The number of methoxy groups -OCH3 is 1. The van der Waals surface area contributed by atoms with Crippen LogP contribution >= 0.6 is 0 Å². The van der Waals surface area contributed by atoms with E-state index in [0.29, 0.717) is 11.4 Å². The Bertz CT molecular complexity index is 786. The molecular weight excluding hydrogens is 328 g/mol. The number of nitrogens with one attached hydrogen (secondary N) is 1. The van der Waals surface area contributed by atoms with Crippen molar-refractivity contribution in [3.63, 3.8) is 0 Å². The van der Waals surface area contributed by atoms with Crippen molar-refractivity contribution in [2.24, 2.45) is 0 Å². The molecule has 0 spiro atoms. The highest BCUT2D eigenvalue weighted by molar-refractivity contribution is 6.23. The second-order valence-corrected chi connectivity index (χ2v) is 6.47. The van der Waals surface area contributed by atoms with E-state index < -0.39 is 6.04 Å². The quantitative estimate of drug-likeness (QED) is 0.771. The predicted octanol–water partition coefficient (Wildman–Crippen LogP) is 3.78. The van der Waals surface area contributed by atoms with E-state index in [1.807, 2.05) is 48.5 Å². The van der Waals surface area contributed by atoms with Crippen molar-refractivity contribution in [2.45, 2.75) is 38.6 Å². The summed E-state index contributed by atoms with van der Waals surface area (Å²) < 4.78 is 5.19.